The van der Waals surface area contributed by atoms with Crippen molar-refractivity contribution in [3.05, 3.63) is 24.0 Å². The smallest absolute Gasteiger partial charge is 0.223 e. The molecule has 1 aliphatic heterocycles. The third-order valence-corrected chi connectivity index (χ3v) is 3.85. The number of carbonyl (C=O) groups excluding carboxylic acids is 1. The molecule has 1 fully saturated rings. The Balaban J connectivity index is 1.61. The molecule has 1 aromatic rings. The molecule has 0 atom stereocenters. The van der Waals surface area contributed by atoms with E-state index in [9.17, 15) is 4.79 Å². The van der Waals surface area contributed by atoms with Crippen molar-refractivity contribution >= 4 is 5.91 Å². The molecule has 4 heteroatoms. The first-order valence-corrected chi connectivity index (χ1v) is 7.92. The lowest BCUT2D eigenvalue weighted by molar-refractivity contribution is -0.131. The van der Waals surface area contributed by atoms with E-state index in [1.54, 1.807) is 0 Å². The highest BCUT2D eigenvalue weighted by molar-refractivity contribution is 5.76. The predicted molar refractivity (Wildman–Crippen MR) is 81.5 cm³/mol. The summed E-state index contributed by atoms with van der Waals surface area (Å²) in [7, 11) is 0. The lowest BCUT2D eigenvalue weighted by Crippen LogP contribution is -2.37. The van der Waals surface area contributed by atoms with Gasteiger partial charge in [0.1, 0.15) is 0 Å². The zero-order valence-corrected chi connectivity index (χ0v) is 12.6. The number of hydrogen-bond acceptors (Lipinski definition) is 2. The zero-order chi connectivity index (χ0) is 14.2. The van der Waals surface area contributed by atoms with Gasteiger partial charge in [0.15, 0.2) is 0 Å². The molecule has 1 amide bonds. The second-order valence-corrected chi connectivity index (χ2v) is 5.63. The first kappa shape index (κ1) is 15.1. The molecule has 1 saturated heterocycles. The summed E-state index contributed by atoms with van der Waals surface area (Å²) in [4.78, 5) is 14.0. The van der Waals surface area contributed by atoms with Crippen LogP contribution in [0.25, 0.3) is 0 Å². The van der Waals surface area contributed by atoms with Crippen LogP contribution in [0.4, 0.5) is 0 Å². The van der Waals surface area contributed by atoms with Crippen LogP contribution < -0.4 is 5.32 Å². The first-order chi connectivity index (χ1) is 9.79. The third-order valence-electron chi connectivity index (χ3n) is 3.85. The van der Waals surface area contributed by atoms with Gasteiger partial charge in [0, 0.05) is 51.5 Å². The molecule has 0 unspecified atom stereocenters. The van der Waals surface area contributed by atoms with Crippen LogP contribution in [0.1, 0.15) is 44.6 Å². The summed E-state index contributed by atoms with van der Waals surface area (Å²) in [6.45, 7) is 6.80. The summed E-state index contributed by atoms with van der Waals surface area (Å²) in [6, 6.07) is 2.15. The summed E-state index contributed by atoms with van der Waals surface area (Å²) in [6.07, 6.45) is 9.70. The van der Waals surface area contributed by atoms with E-state index < -0.39 is 0 Å². The Hall–Kier alpha value is -1.29. The van der Waals surface area contributed by atoms with Crippen molar-refractivity contribution in [1.82, 2.24) is 14.8 Å². The average Bonchev–Trinajstić information content (AvgIpc) is 2.92. The number of hydrogen-bond donors (Lipinski definition) is 1. The average molecular weight is 277 g/mol. The van der Waals surface area contributed by atoms with Gasteiger partial charge in [-0.2, -0.15) is 0 Å². The molecular formula is C16H27N3O. The molecule has 0 aromatic carbocycles. The van der Waals surface area contributed by atoms with Crippen molar-refractivity contribution in [3.63, 3.8) is 0 Å². The van der Waals surface area contributed by atoms with Crippen LogP contribution in [-0.2, 0) is 17.9 Å². The number of amides is 1. The normalized spacial score (nSPS) is 15.6. The van der Waals surface area contributed by atoms with Crippen molar-refractivity contribution in [3.8, 4) is 0 Å². The molecule has 0 bridgehead atoms. The molecule has 20 heavy (non-hydrogen) atoms. The number of carbonyl (C=O) groups is 1. The summed E-state index contributed by atoms with van der Waals surface area (Å²) < 4.78 is 2.22. The van der Waals surface area contributed by atoms with Crippen molar-refractivity contribution in [1.29, 1.82) is 0 Å². The minimum Gasteiger partial charge on any atom is -0.354 e. The van der Waals surface area contributed by atoms with E-state index in [-0.39, 0.29) is 0 Å². The topological polar surface area (TPSA) is 37.3 Å². The fourth-order valence-electron chi connectivity index (χ4n) is 2.72. The standard InChI is InChI=1S/C16H27N3O/c1-2-9-18-12-7-15(14-18)13-17-8-6-16(20)19-10-4-3-5-11-19/h7,12,14,17H,2-6,8-11,13H2,1H3. The summed E-state index contributed by atoms with van der Waals surface area (Å²) in [5, 5.41) is 3.37. The first-order valence-electron chi connectivity index (χ1n) is 7.92. The minimum absolute atomic E-state index is 0.306. The minimum atomic E-state index is 0.306. The maximum atomic E-state index is 12.0. The molecule has 2 rings (SSSR count). The van der Waals surface area contributed by atoms with Gasteiger partial charge in [-0.25, -0.2) is 0 Å². The molecule has 112 valence electrons. The molecule has 2 heterocycles. The van der Waals surface area contributed by atoms with Gasteiger partial charge in [-0.1, -0.05) is 6.92 Å². The van der Waals surface area contributed by atoms with E-state index in [2.05, 4.69) is 35.3 Å². The van der Waals surface area contributed by atoms with E-state index >= 15 is 0 Å². The summed E-state index contributed by atoms with van der Waals surface area (Å²) >= 11 is 0. The fraction of sp³-hybridized carbons (Fsp3) is 0.688. The highest BCUT2D eigenvalue weighted by Crippen LogP contribution is 2.09. The maximum absolute atomic E-state index is 12.0. The monoisotopic (exact) mass is 277 g/mol. The summed E-state index contributed by atoms with van der Waals surface area (Å²) in [5.74, 6) is 0.306. The SMILES string of the molecule is CCCn1ccc(CNCCC(=O)N2CCCCC2)c1. The lowest BCUT2D eigenvalue weighted by atomic mass is 10.1. The predicted octanol–water partition coefficient (Wildman–Crippen LogP) is 2.39. The second kappa shape index (κ2) is 8.10. The van der Waals surface area contributed by atoms with Gasteiger partial charge in [0.05, 0.1) is 0 Å². The number of rotatable bonds is 7. The molecule has 4 nitrogen and oxygen atoms in total. The Bertz CT molecular complexity index is 408. The van der Waals surface area contributed by atoms with Crippen LogP contribution in [0.15, 0.2) is 18.5 Å². The Labute approximate surface area is 122 Å². The Morgan fingerprint density at radius 1 is 1.30 bits per heavy atom. The highest BCUT2D eigenvalue weighted by Gasteiger charge is 2.15. The van der Waals surface area contributed by atoms with Crippen LogP contribution in [0, 0.1) is 0 Å². The van der Waals surface area contributed by atoms with Gasteiger partial charge < -0.3 is 14.8 Å². The molecule has 1 aliphatic rings. The van der Waals surface area contributed by atoms with Crippen molar-refractivity contribution in [2.75, 3.05) is 19.6 Å². The van der Waals surface area contributed by atoms with Crippen LogP contribution in [0.3, 0.4) is 0 Å². The van der Waals surface area contributed by atoms with Gasteiger partial charge in [-0.15, -0.1) is 0 Å². The zero-order valence-electron chi connectivity index (χ0n) is 12.6. The van der Waals surface area contributed by atoms with E-state index in [0.29, 0.717) is 12.3 Å². The molecule has 0 spiro atoms. The van der Waals surface area contributed by atoms with Crippen molar-refractivity contribution in [2.45, 2.75) is 52.1 Å². The van der Waals surface area contributed by atoms with Gasteiger partial charge in [-0.05, 0) is 37.3 Å². The number of likely N-dealkylation sites (tertiary alicyclic amines) is 1. The highest BCUT2D eigenvalue weighted by atomic mass is 16.2. The van der Waals surface area contributed by atoms with Crippen molar-refractivity contribution < 1.29 is 4.79 Å². The molecular weight excluding hydrogens is 250 g/mol. The molecule has 0 saturated carbocycles. The number of aryl methyl sites for hydroxylation is 1. The van der Waals surface area contributed by atoms with E-state index in [0.717, 1.165) is 39.1 Å². The summed E-state index contributed by atoms with van der Waals surface area (Å²) in [5.41, 5.74) is 1.30. The fourth-order valence-corrected chi connectivity index (χ4v) is 2.72. The molecule has 1 aromatic heterocycles. The lowest BCUT2D eigenvalue weighted by Gasteiger charge is -2.26. The maximum Gasteiger partial charge on any atom is 0.223 e. The number of aromatic nitrogens is 1. The van der Waals surface area contributed by atoms with E-state index in [1.165, 1.54) is 24.8 Å². The van der Waals surface area contributed by atoms with Crippen LogP contribution in [0.5, 0.6) is 0 Å². The van der Waals surface area contributed by atoms with Crippen LogP contribution >= 0.6 is 0 Å². The number of piperidine rings is 1. The van der Waals surface area contributed by atoms with Gasteiger partial charge in [-0.3, -0.25) is 4.79 Å². The second-order valence-electron chi connectivity index (χ2n) is 5.63. The molecule has 0 aliphatic carbocycles. The van der Waals surface area contributed by atoms with Gasteiger partial charge in [0.25, 0.3) is 0 Å². The Kier molecular flexibility index (Phi) is 6.12. The van der Waals surface area contributed by atoms with Gasteiger partial charge in [0.2, 0.25) is 5.91 Å². The number of nitrogens with one attached hydrogen (secondary N) is 1. The number of nitrogens with zero attached hydrogens (tertiary/aromatic N) is 2. The Morgan fingerprint density at radius 2 is 2.10 bits per heavy atom. The third kappa shape index (κ3) is 4.67. The van der Waals surface area contributed by atoms with Crippen LogP contribution in [0.2, 0.25) is 0 Å². The quantitative estimate of drug-likeness (QED) is 0.777. The van der Waals surface area contributed by atoms with E-state index in [4.69, 9.17) is 0 Å². The molecule has 1 N–H and O–H groups in total. The van der Waals surface area contributed by atoms with Gasteiger partial charge >= 0.3 is 0 Å². The van der Waals surface area contributed by atoms with E-state index in [1.807, 2.05) is 4.90 Å². The van der Waals surface area contributed by atoms with Crippen molar-refractivity contribution in [2.24, 2.45) is 0 Å². The Morgan fingerprint density at radius 3 is 2.85 bits per heavy atom. The van der Waals surface area contributed by atoms with Crippen LogP contribution in [-0.4, -0.2) is 35.0 Å². The largest absolute Gasteiger partial charge is 0.354 e. The molecule has 0 radical (unpaired) electrons.